The highest BCUT2D eigenvalue weighted by molar-refractivity contribution is 5.93. The van der Waals surface area contributed by atoms with E-state index in [-0.39, 0.29) is 48.3 Å². The van der Waals surface area contributed by atoms with Gasteiger partial charge in [0.15, 0.2) is 6.04 Å². The van der Waals surface area contributed by atoms with Crippen molar-refractivity contribution < 1.29 is 42.9 Å². The molecule has 8 heterocycles. The number of cyclic esters (lactones) is 2. The number of fused-ring (bicyclic) bond motifs is 10. The molecule has 17 nitrogen and oxygen atoms in total. The normalized spacial score (nSPS) is 18.9. The van der Waals surface area contributed by atoms with Gasteiger partial charge in [-0.15, -0.1) is 0 Å². The smallest absolute Gasteiger partial charge is 0.355 e. The molecule has 4 aromatic heterocycles. The Kier molecular flexibility index (Phi) is 12.0. The number of rotatable bonds is 9. The second kappa shape index (κ2) is 17.7. The van der Waals surface area contributed by atoms with Crippen molar-refractivity contribution in [3.63, 3.8) is 0 Å². The lowest BCUT2D eigenvalue weighted by atomic mass is 9.85. The second-order valence-electron chi connectivity index (χ2n) is 18.3. The van der Waals surface area contributed by atoms with E-state index in [4.69, 9.17) is 34.6 Å². The van der Waals surface area contributed by atoms with Crippen LogP contribution in [-0.4, -0.2) is 61.1 Å². The summed E-state index contributed by atoms with van der Waals surface area (Å²) in [7, 11) is 0. The number of aryl methyl sites for hydroxylation is 4. The van der Waals surface area contributed by atoms with Crippen molar-refractivity contribution in [1.82, 2.24) is 19.1 Å². The van der Waals surface area contributed by atoms with Crippen molar-refractivity contribution in [2.75, 3.05) is 0 Å². The molecule has 4 aliphatic rings. The molecule has 0 bridgehead atoms. The summed E-state index contributed by atoms with van der Waals surface area (Å²) >= 11 is 0. The predicted octanol–water partition coefficient (Wildman–Crippen LogP) is 6.07. The van der Waals surface area contributed by atoms with Crippen molar-refractivity contribution in [1.29, 1.82) is 0 Å². The highest BCUT2D eigenvalue weighted by Crippen LogP contribution is 2.44. The molecule has 0 unspecified atom stereocenters. The number of pyridine rings is 4. The molecule has 0 saturated carbocycles. The van der Waals surface area contributed by atoms with Crippen LogP contribution in [0.1, 0.15) is 110 Å². The van der Waals surface area contributed by atoms with Gasteiger partial charge in [-0.1, -0.05) is 51.0 Å². The first-order chi connectivity index (χ1) is 33.5. The number of esters is 4. The molecular formula is C53H52N6O11. The van der Waals surface area contributed by atoms with Gasteiger partial charge in [-0.05, 0) is 101 Å². The Balaban J connectivity index is 0.000000174. The van der Waals surface area contributed by atoms with E-state index in [0.29, 0.717) is 41.3 Å². The number of aromatic nitrogens is 4. The van der Waals surface area contributed by atoms with E-state index in [0.717, 1.165) is 73.7 Å². The molecule has 70 heavy (non-hydrogen) atoms. The van der Waals surface area contributed by atoms with Crippen molar-refractivity contribution in [2.45, 2.75) is 131 Å². The van der Waals surface area contributed by atoms with E-state index in [9.17, 15) is 33.6 Å². The SMILES string of the molecule is CCc1c2c(nc3ccc(C)cc13)-c1cc3c(c(=O)n1C2)COC(=O)[C@@]3(CC)OC(=O)[C@H](C)N.CCc1c2c(nc3ccc(C)cc13)-c1cc3c(c(=O)n1C2)COC(=O)[C@@]3(CC)OC(=O)[C@H](C)N=C=O. The van der Waals surface area contributed by atoms with Crippen LogP contribution in [0.15, 0.2) is 63.1 Å². The third-order valence-electron chi connectivity index (χ3n) is 14.1. The molecule has 0 fully saturated rings. The molecule has 2 aromatic carbocycles. The van der Waals surface area contributed by atoms with Crippen molar-refractivity contribution in [3.8, 4) is 22.8 Å². The number of ether oxygens (including phenoxy) is 4. The molecule has 0 aliphatic carbocycles. The minimum atomic E-state index is -1.84. The Morgan fingerprint density at radius 2 is 1.13 bits per heavy atom. The van der Waals surface area contributed by atoms with Gasteiger partial charge in [-0.2, -0.15) is 4.99 Å². The van der Waals surface area contributed by atoms with Crippen LogP contribution in [0.2, 0.25) is 0 Å². The van der Waals surface area contributed by atoms with Gasteiger partial charge in [0.25, 0.3) is 11.1 Å². The Labute approximate surface area is 401 Å². The number of benzene rings is 2. The van der Waals surface area contributed by atoms with Crippen LogP contribution in [0.4, 0.5) is 0 Å². The molecule has 0 amide bonds. The second-order valence-corrected chi connectivity index (χ2v) is 18.3. The van der Waals surface area contributed by atoms with E-state index in [2.05, 4.69) is 31.0 Å². The van der Waals surface area contributed by atoms with Crippen molar-refractivity contribution >= 4 is 51.8 Å². The molecule has 0 spiro atoms. The van der Waals surface area contributed by atoms with Gasteiger partial charge < -0.3 is 33.8 Å². The molecule has 0 saturated heterocycles. The number of nitrogens with two attached hydrogens (primary N) is 1. The highest BCUT2D eigenvalue weighted by atomic mass is 16.6. The molecule has 4 atom stereocenters. The number of isocyanates is 1. The number of carbonyl (C=O) groups is 4. The van der Waals surface area contributed by atoms with E-state index >= 15 is 0 Å². The molecular weight excluding hydrogens is 897 g/mol. The third kappa shape index (κ3) is 7.25. The number of aliphatic imine (C=N–C) groups is 1. The number of hydrogen-bond donors (Lipinski definition) is 1. The van der Waals surface area contributed by atoms with Gasteiger partial charge in [0.2, 0.25) is 17.3 Å². The van der Waals surface area contributed by atoms with Gasteiger partial charge in [0.05, 0.1) is 58.0 Å². The summed E-state index contributed by atoms with van der Waals surface area (Å²) in [4.78, 5) is 102. The fourth-order valence-corrected chi connectivity index (χ4v) is 10.3. The van der Waals surface area contributed by atoms with Crippen LogP contribution >= 0.6 is 0 Å². The topological polar surface area (TPSA) is 230 Å². The van der Waals surface area contributed by atoms with Gasteiger partial charge in [-0.3, -0.25) is 14.4 Å². The minimum Gasteiger partial charge on any atom is -0.457 e. The summed E-state index contributed by atoms with van der Waals surface area (Å²) in [6.07, 6.45) is 3.02. The third-order valence-corrected chi connectivity index (χ3v) is 14.1. The van der Waals surface area contributed by atoms with Crippen LogP contribution in [-0.2, 0) is 93.3 Å². The summed E-state index contributed by atoms with van der Waals surface area (Å²) < 4.78 is 25.3. The molecule has 10 rings (SSSR count). The van der Waals surface area contributed by atoms with Gasteiger partial charge in [0.1, 0.15) is 19.3 Å². The predicted molar refractivity (Wildman–Crippen MR) is 256 cm³/mol. The molecule has 0 radical (unpaired) electrons. The standard InChI is InChI=1S/C27H25N3O6.C26H27N3O5/c1-5-16-17-9-14(3)7-8-21(17)29-23-18(16)11-30-22(23)10-20-19(24(30)32)12-35-26(34)27(20,6-2)36-25(33)15(4)28-13-31;1-5-15-16-9-13(3)7-8-20(16)28-22-17(15)11-29-21(22)10-19-18(23(29)30)12-33-25(32)26(19,6-2)34-24(31)14(4)27/h7-10,15H,5-6,11-12H2,1-4H3;7-10,14H,5-6,11-12,27H2,1-4H3/t15-,27-;14-,26-/m00/s1. The fourth-order valence-electron chi connectivity index (χ4n) is 10.3. The van der Waals surface area contributed by atoms with Crippen LogP contribution in [0, 0.1) is 13.8 Å². The Hall–Kier alpha value is -7.62. The van der Waals surface area contributed by atoms with E-state index in [1.807, 2.05) is 38.1 Å². The summed E-state index contributed by atoms with van der Waals surface area (Å²) in [6.45, 7) is 14.8. The number of nitrogens with zero attached hydrogens (tertiary/aromatic N) is 5. The van der Waals surface area contributed by atoms with Crippen molar-refractivity contribution in [2.24, 2.45) is 10.7 Å². The summed E-state index contributed by atoms with van der Waals surface area (Å²) in [5, 5.41) is 2.14. The molecule has 4 aliphatic heterocycles. The number of hydrogen-bond acceptors (Lipinski definition) is 15. The summed E-state index contributed by atoms with van der Waals surface area (Å²) in [5.74, 6) is -3.10. The minimum absolute atomic E-state index is 0.0302. The van der Waals surface area contributed by atoms with Crippen LogP contribution in [0.3, 0.4) is 0 Å². The molecule has 6 aromatic rings. The van der Waals surface area contributed by atoms with E-state index < -0.39 is 47.2 Å². The van der Waals surface area contributed by atoms with E-state index in [1.54, 1.807) is 35.1 Å². The summed E-state index contributed by atoms with van der Waals surface area (Å²) in [5.41, 5.74) is 13.5. The quantitative estimate of drug-likeness (QED) is 0.0749. The lowest BCUT2D eigenvalue weighted by molar-refractivity contribution is -0.190. The van der Waals surface area contributed by atoms with Crippen LogP contribution in [0.5, 0.6) is 0 Å². The molecule has 17 heteroatoms. The lowest BCUT2D eigenvalue weighted by Crippen LogP contribution is -2.49. The Morgan fingerprint density at radius 1 is 0.700 bits per heavy atom. The maximum Gasteiger partial charge on any atom is 0.355 e. The van der Waals surface area contributed by atoms with Gasteiger partial charge in [0, 0.05) is 33.0 Å². The molecule has 360 valence electrons. The zero-order valence-corrected chi connectivity index (χ0v) is 40.2. The maximum atomic E-state index is 13.7. The van der Waals surface area contributed by atoms with Gasteiger partial charge >= 0.3 is 23.9 Å². The van der Waals surface area contributed by atoms with Crippen LogP contribution < -0.4 is 16.9 Å². The number of carbonyl (C=O) groups excluding carboxylic acids is 5. The first kappa shape index (κ1) is 47.4. The lowest BCUT2D eigenvalue weighted by Gasteiger charge is -2.36. The monoisotopic (exact) mass is 948 g/mol. The zero-order valence-electron chi connectivity index (χ0n) is 40.2. The zero-order chi connectivity index (χ0) is 50.1. The van der Waals surface area contributed by atoms with Crippen LogP contribution in [0.25, 0.3) is 44.6 Å². The Morgan fingerprint density at radius 3 is 1.51 bits per heavy atom. The fraction of sp³-hybridized carbons (Fsp3) is 0.377. The highest BCUT2D eigenvalue weighted by Gasteiger charge is 2.52. The first-order valence-corrected chi connectivity index (χ1v) is 23.5. The average Bonchev–Trinajstić information content (AvgIpc) is 3.90. The Bertz CT molecular complexity index is 3460. The van der Waals surface area contributed by atoms with Crippen molar-refractivity contribution in [3.05, 3.63) is 125 Å². The maximum absolute atomic E-state index is 13.7. The van der Waals surface area contributed by atoms with E-state index in [1.165, 1.54) is 19.9 Å². The largest absolute Gasteiger partial charge is 0.457 e. The van der Waals surface area contributed by atoms with Gasteiger partial charge in [-0.25, -0.2) is 29.1 Å². The molecule has 2 N–H and O–H groups in total. The summed E-state index contributed by atoms with van der Waals surface area (Å²) in [6, 6.07) is 13.6. The first-order valence-electron chi connectivity index (χ1n) is 23.5. The average molecular weight is 949 g/mol.